The standard InChI is InChI=1S/C14H32ClN3O2S/c1-16(2)10-7-12-18(13-8-11-17(3)4)21(19,20)14-6-5-9-15/h5-14H2,1-4H3. The van der Waals surface area contributed by atoms with E-state index in [-0.39, 0.29) is 5.75 Å². The average Bonchev–Trinajstić information content (AvgIpc) is 2.36. The molecule has 0 fully saturated rings. The summed E-state index contributed by atoms with van der Waals surface area (Å²) in [6.07, 6.45) is 3.13. The number of hydrogen-bond acceptors (Lipinski definition) is 4. The lowest BCUT2D eigenvalue weighted by Gasteiger charge is -2.23. The van der Waals surface area contributed by atoms with Crippen LogP contribution < -0.4 is 0 Å². The molecular formula is C14H32ClN3O2S. The number of nitrogens with zero attached hydrogens (tertiary/aromatic N) is 3. The van der Waals surface area contributed by atoms with Crippen molar-refractivity contribution < 1.29 is 8.42 Å². The van der Waals surface area contributed by atoms with Crippen molar-refractivity contribution in [2.75, 3.05) is 66.0 Å². The van der Waals surface area contributed by atoms with Crippen LogP contribution in [-0.4, -0.2) is 88.5 Å². The minimum Gasteiger partial charge on any atom is -0.309 e. The second kappa shape index (κ2) is 11.7. The fourth-order valence-electron chi connectivity index (χ4n) is 2.02. The first-order valence-corrected chi connectivity index (χ1v) is 9.77. The Morgan fingerprint density at radius 2 is 1.24 bits per heavy atom. The van der Waals surface area contributed by atoms with E-state index in [1.165, 1.54) is 0 Å². The Balaban J connectivity index is 4.45. The summed E-state index contributed by atoms with van der Waals surface area (Å²) in [5, 5.41) is 0. The van der Waals surface area contributed by atoms with E-state index in [2.05, 4.69) is 9.80 Å². The van der Waals surface area contributed by atoms with Crippen molar-refractivity contribution in [2.24, 2.45) is 0 Å². The van der Waals surface area contributed by atoms with Gasteiger partial charge in [0.05, 0.1) is 5.75 Å². The third kappa shape index (κ3) is 11.4. The molecule has 0 aliphatic heterocycles. The summed E-state index contributed by atoms with van der Waals surface area (Å²) in [4.78, 5) is 4.16. The van der Waals surface area contributed by atoms with E-state index in [1.54, 1.807) is 4.31 Å². The lowest BCUT2D eigenvalue weighted by molar-refractivity contribution is 0.326. The first-order valence-electron chi connectivity index (χ1n) is 7.63. The first-order chi connectivity index (χ1) is 9.79. The zero-order chi connectivity index (χ0) is 16.3. The second-order valence-corrected chi connectivity index (χ2v) is 8.39. The van der Waals surface area contributed by atoms with Crippen LogP contribution in [0.1, 0.15) is 25.7 Å². The molecule has 0 aromatic carbocycles. The zero-order valence-corrected chi connectivity index (χ0v) is 15.6. The Labute approximate surface area is 136 Å². The summed E-state index contributed by atoms with van der Waals surface area (Å²) >= 11 is 5.63. The third-order valence-corrected chi connectivity index (χ3v) is 5.43. The van der Waals surface area contributed by atoms with Gasteiger partial charge in [-0.25, -0.2) is 12.7 Å². The number of hydrogen-bond donors (Lipinski definition) is 0. The van der Waals surface area contributed by atoms with Gasteiger partial charge in [0.25, 0.3) is 0 Å². The van der Waals surface area contributed by atoms with Crippen molar-refractivity contribution in [3.8, 4) is 0 Å². The van der Waals surface area contributed by atoms with Crippen LogP contribution in [0.3, 0.4) is 0 Å². The van der Waals surface area contributed by atoms with Crippen LogP contribution in [0.4, 0.5) is 0 Å². The molecule has 0 saturated carbocycles. The quantitative estimate of drug-likeness (QED) is 0.376. The lowest BCUT2D eigenvalue weighted by atomic mass is 10.3. The molecule has 0 radical (unpaired) electrons. The average molecular weight is 342 g/mol. The Bertz CT molecular complexity index is 334. The normalized spacial score (nSPS) is 12.8. The van der Waals surface area contributed by atoms with E-state index in [4.69, 9.17) is 11.6 Å². The van der Waals surface area contributed by atoms with Crippen molar-refractivity contribution in [1.29, 1.82) is 0 Å². The molecule has 5 nitrogen and oxygen atoms in total. The molecule has 0 bridgehead atoms. The van der Waals surface area contributed by atoms with E-state index < -0.39 is 10.0 Å². The number of alkyl halides is 1. The predicted molar refractivity (Wildman–Crippen MR) is 91.7 cm³/mol. The maximum absolute atomic E-state index is 12.4. The van der Waals surface area contributed by atoms with E-state index >= 15 is 0 Å². The van der Waals surface area contributed by atoms with Crippen LogP contribution in [0.25, 0.3) is 0 Å². The first kappa shape index (κ1) is 21.1. The van der Waals surface area contributed by atoms with Crippen molar-refractivity contribution in [3.63, 3.8) is 0 Å². The number of halogens is 1. The van der Waals surface area contributed by atoms with Crippen LogP contribution in [0.2, 0.25) is 0 Å². The SMILES string of the molecule is CN(C)CCCN(CCCN(C)C)S(=O)(=O)CCCCCl. The van der Waals surface area contributed by atoms with Gasteiger partial charge in [0.1, 0.15) is 0 Å². The van der Waals surface area contributed by atoms with E-state index in [9.17, 15) is 8.42 Å². The molecule has 128 valence electrons. The smallest absolute Gasteiger partial charge is 0.214 e. The zero-order valence-electron chi connectivity index (χ0n) is 14.0. The largest absolute Gasteiger partial charge is 0.309 e. The molecule has 0 aromatic heterocycles. The summed E-state index contributed by atoms with van der Waals surface area (Å²) < 4.78 is 26.5. The van der Waals surface area contributed by atoms with Gasteiger partial charge in [-0.1, -0.05) is 0 Å². The van der Waals surface area contributed by atoms with Gasteiger partial charge in [-0.15, -0.1) is 11.6 Å². The molecule has 0 saturated heterocycles. The Kier molecular flexibility index (Phi) is 11.7. The molecule has 0 aliphatic carbocycles. The Morgan fingerprint density at radius 1 is 0.762 bits per heavy atom. The summed E-state index contributed by atoms with van der Waals surface area (Å²) in [6.45, 7) is 3.02. The topological polar surface area (TPSA) is 43.9 Å². The fraction of sp³-hybridized carbons (Fsp3) is 1.00. The van der Waals surface area contributed by atoms with Crippen LogP contribution in [0.5, 0.6) is 0 Å². The van der Waals surface area contributed by atoms with E-state index in [0.717, 1.165) is 32.4 Å². The molecule has 0 spiro atoms. The summed E-state index contributed by atoms with van der Waals surface area (Å²) in [5.74, 6) is 0.737. The minimum atomic E-state index is -3.15. The molecule has 0 aliphatic rings. The van der Waals surface area contributed by atoms with Crippen molar-refractivity contribution in [3.05, 3.63) is 0 Å². The highest BCUT2D eigenvalue weighted by Gasteiger charge is 2.20. The van der Waals surface area contributed by atoms with Gasteiger partial charge < -0.3 is 9.80 Å². The van der Waals surface area contributed by atoms with E-state index in [1.807, 2.05) is 28.2 Å². The van der Waals surface area contributed by atoms with E-state index in [0.29, 0.717) is 25.4 Å². The number of sulfonamides is 1. The number of unbranched alkanes of at least 4 members (excludes halogenated alkanes) is 1. The van der Waals surface area contributed by atoms with Crippen LogP contribution in [-0.2, 0) is 10.0 Å². The molecular weight excluding hydrogens is 310 g/mol. The monoisotopic (exact) mass is 341 g/mol. The Morgan fingerprint density at radius 3 is 1.62 bits per heavy atom. The Hall–Kier alpha value is 0.120. The number of rotatable bonds is 13. The minimum absolute atomic E-state index is 0.212. The van der Waals surface area contributed by atoms with Gasteiger partial charge in [0.15, 0.2) is 0 Å². The highest BCUT2D eigenvalue weighted by atomic mass is 35.5. The summed E-state index contributed by atoms with van der Waals surface area (Å²) in [7, 11) is 4.87. The van der Waals surface area contributed by atoms with Crippen molar-refractivity contribution >= 4 is 21.6 Å². The highest BCUT2D eigenvalue weighted by molar-refractivity contribution is 7.89. The van der Waals surface area contributed by atoms with Crippen LogP contribution >= 0.6 is 11.6 Å². The molecule has 0 heterocycles. The van der Waals surface area contributed by atoms with Crippen molar-refractivity contribution in [2.45, 2.75) is 25.7 Å². The molecule has 7 heteroatoms. The molecule has 21 heavy (non-hydrogen) atoms. The maximum Gasteiger partial charge on any atom is 0.214 e. The molecule has 0 amide bonds. The highest BCUT2D eigenvalue weighted by Crippen LogP contribution is 2.08. The van der Waals surface area contributed by atoms with Gasteiger partial charge >= 0.3 is 0 Å². The predicted octanol–water partition coefficient (Wildman–Crippen LogP) is 1.54. The van der Waals surface area contributed by atoms with Gasteiger partial charge in [-0.05, 0) is 67.0 Å². The van der Waals surface area contributed by atoms with Gasteiger partial charge in [0.2, 0.25) is 10.0 Å². The van der Waals surface area contributed by atoms with Crippen LogP contribution in [0, 0.1) is 0 Å². The van der Waals surface area contributed by atoms with Gasteiger partial charge in [0, 0.05) is 19.0 Å². The lowest BCUT2D eigenvalue weighted by Crippen LogP contribution is -2.37. The second-order valence-electron chi connectivity index (χ2n) is 5.92. The maximum atomic E-state index is 12.4. The fourth-order valence-corrected chi connectivity index (χ4v) is 3.86. The molecule has 0 atom stereocenters. The molecule has 0 N–H and O–H groups in total. The summed E-state index contributed by atoms with van der Waals surface area (Å²) in [5.41, 5.74) is 0. The van der Waals surface area contributed by atoms with Gasteiger partial charge in [-0.2, -0.15) is 0 Å². The van der Waals surface area contributed by atoms with Crippen LogP contribution in [0.15, 0.2) is 0 Å². The molecule has 0 unspecified atom stereocenters. The molecule has 0 aromatic rings. The third-order valence-electron chi connectivity index (χ3n) is 3.20. The van der Waals surface area contributed by atoms with Gasteiger partial charge in [-0.3, -0.25) is 0 Å². The van der Waals surface area contributed by atoms with Crippen molar-refractivity contribution in [1.82, 2.24) is 14.1 Å². The summed E-state index contributed by atoms with van der Waals surface area (Å²) in [6, 6.07) is 0. The molecule has 0 rings (SSSR count).